The van der Waals surface area contributed by atoms with E-state index in [1.807, 2.05) is 6.92 Å². The fraction of sp³-hybridized carbons (Fsp3) is 0.455. The highest BCUT2D eigenvalue weighted by atomic mass is 19.2. The Balaban J connectivity index is 2.55. The molecular formula is C22H28F4. The fourth-order valence-electron chi connectivity index (χ4n) is 2.68. The molecule has 4 heteroatoms. The summed E-state index contributed by atoms with van der Waals surface area (Å²) in [5.41, 5.74) is 0.833. The van der Waals surface area contributed by atoms with Gasteiger partial charge in [0.25, 0.3) is 0 Å². The number of halogens is 4. The zero-order valence-corrected chi connectivity index (χ0v) is 16.1. The molecule has 2 atom stereocenters. The van der Waals surface area contributed by atoms with Gasteiger partial charge in [-0.15, -0.1) is 0 Å². The average Bonchev–Trinajstić information content (AvgIpc) is 2.61. The molecule has 144 valence electrons. The van der Waals surface area contributed by atoms with Gasteiger partial charge in [0, 0.05) is 0 Å². The van der Waals surface area contributed by atoms with Crippen LogP contribution in [0.4, 0.5) is 17.6 Å². The Kier molecular flexibility index (Phi) is 8.32. The van der Waals surface area contributed by atoms with Crippen molar-refractivity contribution in [2.24, 2.45) is 11.8 Å². The minimum atomic E-state index is -0.952. The molecule has 0 aromatic heterocycles. The number of benzene rings is 1. The van der Waals surface area contributed by atoms with Gasteiger partial charge in [-0.05, 0) is 67.2 Å². The highest BCUT2D eigenvalue weighted by molar-refractivity contribution is 5.34. The Morgan fingerprint density at radius 1 is 0.962 bits per heavy atom. The van der Waals surface area contributed by atoms with Crippen LogP contribution in [0.25, 0.3) is 0 Å². The predicted molar refractivity (Wildman–Crippen MR) is 100 cm³/mol. The first kappa shape index (κ1) is 22.2. The SMILES string of the molecule is C=C(C)/C(F)=C(/F)C(=C)C(C)CCC(C)CCc1ccc(C)c(F)c1F. The standard InChI is InChI=1S/C22H28F4/c1-13(2)19(23)21(25)17(6)15(4)9-7-14(3)8-11-18-12-10-16(5)20(24)22(18)26/h10,12,14-15H,1,6-9,11H2,2-5H3/b21-19-. The minimum absolute atomic E-state index is 0.0385. The van der Waals surface area contributed by atoms with Gasteiger partial charge >= 0.3 is 0 Å². The molecule has 26 heavy (non-hydrogen) atoms. The van der Waals surface area contributed by atoms with Crippen molar-refractivity contribution in [3.63, 3.8) is 0 Å². The lowest BCUT2D eigenvalue weighted by Crippen LogP contribution is -2.06. The van der Waals surface area contributed by atoms with E-state index in [0.29, 0.717) is 30.4 Å². The Morgan fingerprint density at radius 2 is 1.58 bits per heavy atom. The van der Waals surface area contributed by atoms with Gasteiger partial charge in [0.05, 0.1) is 0 Å². The third-order valence-electron chi connectivity index (χ3n) is 4.80. The maximum Gasteiger partial charge on any atom is 0.162 e. The van der Waals surface area contributed by atoms with Crippen LogP contribution < -0.4 is 0 Å². The summed E-state index contributed by atoms with van der Waals surface area (Å²) < 4.78 is 55.1. The van der Waals surface area contributed by atoms with Crippen molar-refractivity contribution < 1.29 is 17.6 Å². The van der Waals surface area contributed by atoms with E-state index < -0.39 is 23.3 Å². The van der Waals surface area contributed by atoms with Gasteiger partial charge in [-0.2, -0.15) is 0 Å². The monoisotopic (exact) mass is 368 g/mol. The first-order chi connectivity index (χ1) is 12.1. The normalized spacial score (nSPS) is 14.6. The lowest BCUT2D eigenvalue weighted by atomic mass is 9.89. The highest BCUT2D eigenvalue weighted by Gasteiger charge is 2.18. The molecule has 0 spiro atoms. The van der Waals surface area contributed by atoms with Crippen LogP contribution in [0.2, 0.25) is 0 Å². The van der Waals surface area contributed by atoms with Gasteiger partial charge in [0.1, 0.15) is 0 Å². The molecule has 0 saturated carbocycles. The van der Waals surface area contributed by atoms with Crippen molar-refractivity contribution >= 4 is 0 Å². The van der Waals surface area contributed by atoms with Crippen LogP contribution in [0.5, 0.6) is 0 Å². The first-order valence-corrected chi connectivity index (χ1v) is 8.90. The average molecular weight is 368 g/mol. The van der Waals surface area contributed by atoms with Crippen LogP contribution in [0.3, 0.4) is 0 Å². The van der Waals surface area contributed by atoms with Crippen molar-refractivity contribution in [2.45, 2.75) is 53.4 Å². The second-order valence-electron chi connectivity index (χ2n) is 7.23. The molecule has 2 unspecified atom stereocenters. The summed E-state index contributed by atoms with van der Waals surface area (Å²) in [6.45, 7) is 13.8. The molecule has 0 fully saturated rings. The topological polar surface area (TPSA) is 0 Å². The van der Waals surface area contributed by atoms with E-state index in [-0.39, 0.29) is 23.0 Å². The fourth-order valence-corrected chi connectivity index (χ4v) is 2.68. The molecule has 0 amide bonds. The van der Waals surface area contributed by atoms with Crippen LogP contribution in [-0.2, 0) is 6.42 Å². The summed E-state index contributed by atoms with van der Waals surface area (Å²) >= 11 is 0. The molecular weight excluding hydrogens is 340 g/mol. The van der Waals surface area contributed by atoms with E-state index in [1.165, 1.54) is 13.8 Å². The molecule has 0 heterocycles. The van der Waals surface area contributed by atoms with Gasteiger partial charge in [-0.25, -0.2) is 17.6 Å². The summed E-state index contributed by atoms with van der Waals surface area (Å²) in [7, 11) is 0. The smallest absolute Gasteiger partial charge is 0.162 e. The van der Waals surface area contributed by atoms with Gasteiger partial charge < -0.3 is 0 Å². The molecule has 0 aliphatic rings. The van der Waals surface area contributed by atoms with Gasteiger partial charge in [-0.1, -0.05) is 45.6 Å². The zero-order chi connectivity index (χ0) is 20.0. The lowest BCUT2D eigenvalue weighted by Gasteiger charge is -2.17. The molecule has 1 aromatic rings. The largest absolute Gasteiger partial charge is 0.203 e. The number of allylic oxidation sites excluding steroid dienone is 4. The minimum Gasteiger partial charge on any atom is -0.203 e. The van der Waals surface area contributed by atoms with E-state index in [1.54, 1.807) is 19.1 Å². The zero-order valence-electron chi connectivity index (χ0n) is 16.1. The van der Waals surface area contributed by atoms with Crippen molar-refractivity contribution in [3.05, 3.63) is 70.9 Å². The maximum atomic E-state index is 14.0. The quantitative estimate of drug-likeness (QED) is 0.312. The third kappa shape index (κ3) is 5.86. The van der Waals surface area contributed by atoms with Crippen LogP contribution in [0.1, 0.15) is 51.2 Å². The summed E-state index contributed by atoms with van der Waals surface area (Å²) in [6.07, 6.45) is 2.54. The molecule has 1 rings (SSSR count). The Hall–Kier alpha value is -1.84. The Morgan fingerprint density at radius 3 is 2.15 bits per heavy atom. The van der Waals surface area contributed by atoms with Gasteiger partial charge in [-0.3, -0.25) is 0 Å². The lowest BCUT2D eigenvalue weighted by molar-refractivity contribution is 0.423. The summed E-state index contributed by atoms with van der Waals surface area (Å²) in [6, 6.07) is 3.20. The molecule has 0 nitrogen and oxygen atoms in total. The second kappa shape index (κ2) is 9.75. The van der Waals surface area contributed by atoms with E-state index in [2.05, 4.69) is 13.2 Å². The summed E-state index contributed by atoms with van der Waals surface area (Å²) in [5, 5.41) is 0. The summed E-state index contributed by atoms with van der Waals surface area (Å²) in [4.78, 5) is 0. The van der Waals surface area contributed by atoms with Crippen molar-refractivity contribution in [2.75, 3.05) is 0 Å². The summed E-state index contributed by atoms with van der Waals surface area (Å²) in [5.74, 6) is -3.42. The second-order valence-corrected chi connectivity index (χ2v) is 7.23. The van der Waals surface area contributed by atoms with Crippen LogP contribution in [-0.4, -0.2) is 0 Å². The molecule has 0 bridgehead atoms. The van der Waals surface area contributed by atoms with Crippen molar-refractivity contribution in [3.8, 4) is 0 Å². The van der Waals surface area contributed by atoms with E-state index in [9.17, 15) is 17.6 Å². The molecule has 0 saturated heterocycles. The molecule has 0 aliphatic heterocycles. The Labute approximate surface area is 154 Å². The first-order valence-electron chi connectivity index (χ1n) is 8.90. The Bertz CT molecular complexity index is 700. The molecule has 0 radical (unpaired) electrons. The number of hydrogen-bond acceptors (Lipinski definition) is 0. The maximum absolute atomic E-state index is 14.0. The van der Waals surface area contributed by atoms with Gasteiger partial charge in [0.15, 0.2) is 23.3 Å². The number of rotatable bonds is 9. The third-order valence-corrected chi connectivity index (χ3v) is 4.80. The van der Waals surface area contributed by atoms with E-state index in [4.69, 9.17) is 0 Å². The predicted octanol–water partition coefficient (Wildman–Crippen LogP) is 7.54. The molecule has 1 aromatic carbocycles. The molecule has 0 aliphatic carbocycles. The van der Waals surface area contributed by atoms with Crippen LogP contribution in [0, 0.1) is 30.4 Å². The van der Waals surface area contributed by atoms with E-state index in [0.717, 1.165) is 6.42 Å². The van der Waals surface area contributed by atoms with Crippen LogP contribution in [0.15, 0.2) is 48.1 Å². The van der Waals surface area contributed by atoms with Crippen molar-refractivity contribution in [1.82, 2.24) is 0 Å². The van der Waals surface area contributed by atoms with E-state index >= 15 is 0 Å². The van der Waals surface area contributed by atoms with Crippen LogP contribution >= 0.6 is 0 Å². The van der Waals surface area contributed by atoms with Gasteiger partial charge in [0.2, 0.25) is 0 Å². The highest BCUT2D eigenvalue weighted by Crippen LogP contribution is 2.30. The molecule has 0 N–H and O–H groups in total. The number of hydrogen-bond donors (Lipinski definition) is 0. The number of aryl methyl sites for hydroxylation is 2. The van der Waals surface area contributed by atoms with Crippen molar-refractivity contribution in [1.29, 1.82) is 0 Å².